The topological polar surface area (TPSA) is 49.8 Å². The maximum Gasteiger partial charge on any atom is 0.337 e. The summed E-state index contributed by atoms with van der Waals surface area (Å²) in [4.78, 5) is 15.0. The normalized spacial score (nSPS) is 12.7. The third kappa shape index (κ3) is 5.02. The number of aliphatic carboxylic acids is 1. The van der Waals surface area contributed by atoms with Crippen molar-refractivity contribution in [2.75, 3.05) is 18.5 Å². The highest BCUT2D eigenvalue weighted by Gasteiger charge is 2.32. The lowest BCUT2D eigenvalue weighted by Crippen LogP contribution is -2.28. The summed E-state index contributed by atoms with van der Waals surface area (Å²) in [5.74, 6) is -1.03. The summed E-state index contributed by atoms with van der Waals surface area (Å²) in [6.07, 6.45) is -1.11. The van der Waals surface area contributed by atoms with E-state index in [0.29, 0.717) is 10.6 Å². The maximum absolute atomic E-state index is 12.2. The first-order chi connectivity index (χ1) is 13.0. The van der Waals surface area contributed by atoms with Crippen molar-refractivity contribution in [1.29, 1.82) is 0 Å². The second kappa shape index (κ2) is 8.76. The van der Waals surface area contributed by atoms with Crippen LogP contribution in [0.2, 0.25) is 5.02 Å². The van der Waals surface area contributed by atoms with Crippen LogP contribution in [-0.4, -0.2) is 30.3 Å². The molecule has 0 aliphatic heterocycles. The monoisotopic (exact) mass is 421 g/mol. The standard InChI is InChI=1S/C22H28ClNO3S/c1-7-24(6)16-12-13(2)17(19(21(25)26)27-22(3,4)5)18(20(16)28)14-8-10-15(23)11-9-14/h8-12,19,28H,7H2,1-6H3,(H,25,26)/t19-/m0/s1. The molecule has 2 aromatic carbocycles. The van der Waals surface area contributed by atoms with Crippen LogP contribution in [0.1, 0.15) is 44.9 Å². The quantitative estimate of drug-likeness (QED) is 0.561. The molecule has 0 bridgehead atoms. The van der Waals surface area contributed by atoms with E-state index in [4.69, 9.17) is 29.0 Å². The van der Waals surface area contributed by atoms with Crippen LogP contribution in [0.15, 0.2) is 35.2 Å². The average Bonchev–Trinajstić information content (AvgIpc) is 2.60. The minimum Gasteiger partial charge on any atom is -0.479 e. The summed E-state index contributed by atoms with van der Waals surface area (Å²) in [6, 6.07) is 9.32. The molecule has 0 unspecified atom stereocenters. The first kappa shape index (κ1) is 22.6. The molecule has 152 valence electrons. The fourth-order valence-electron chi connectivity index (χ4n) is 3.10. The number of benzene rings is 2. The third-order valence-corrected chi connectivity index (χ3v) is 5.21. The van der Waals surface area contributed by atoms with E-state index in [1.54, 1.807) is 12.1 Å². The summed E-state index contributed by atoms with van der Waals surface area (Å²) in [5.41, 5.74) is 3.38. The lowest BCUT2D eigenvalue weighted by molar-refractivity contribution is -0.160. The number of carboxylic acids is 1. The van der Waals surface area contributed by atoms with Gasteiger partial charge in [0.2, 0.25) is 0 Å². The van der Waals surface area contributed by atoms with Crippen molar-refractivity contribution in [3.63, 3.8) is 0 Å². The molecular weight excluding hydrogens is 394 g/mol. The number of ether oxygens (including phenoxy) is 1. The number of rotatable bonds is 6. The summed E-state index contributed by atoms with van der Waals surface area (Å²) >= 11 is 10.9. The molecule has 1 N–H and O–H groups in total. The van der Waals surface area contributed by atoms with Gasteiger partial charge in [0, 0.05) is 34.6 Å². The van der Waals surface area contributed by atoms with Crippen LogP contribution in [-0.2, 0) is 9.53 Å². The Kier molecular flexibility index (Phi) is 7.07. The SMILES string of the molecule is CCN(C)c1cc(C)c([C@H](OC(C)(C)C)C(=O)O)c(-c2ccc(Cl)cc2)c1S. The molecule has 0 amide bonds. The zero-order valence-corrected chi connectivity index (χ0v) is 18.9. The minimum atomic E-state index is -1.11. The zero-order chi connectivity index (χ0) is 21.2. The van der Waals surface area contributed by atoms with Crippen LogP contribution in [0.4, 0.5) is 5.69 Å². The first-order valence-electron chi connectivity index (χ1n) is 9.20. The van der Waals surface area contributed by atoms with Gasteiger partial charge in [-0.1, -0.05) is 23.7 Å². The van der Waals surface area contributed by atoms with Crippen LogP contribution >= 0.6 is 24.2 Å². The molecule has 28 heavy (non-hydrogen) atoms. The molecule has 6 heteroatoms. The van der Waals surface area contributed by atoms with E-state index in [0.717, 1.165) is 33.8 Å². The second-order valence-electron chi connectivity index (χ2n) is 7.82. The predicted octanol–water partition coefficient (Wildman–Crippen LogP) is 6.00. The number of carboxylic acid groups (broad SMARTS) is 1. The van der Waals surface area contributed by atoms with E-state index >= 15 is 0 Å². The number of anilines is 1. The van der Waals surface area contributed by atoms with Crippen molar-refractivity contribution in [3.05, 3.63) is 46.5 Å². The molecule has 0 aromatic heterocycles. The van der Waals surface area contributed by atoms with E-state index in [9.17, 15) is 9.90 Å². The Hall–Kier alpha value is -1.69. The molecule has 0 radical (unpaired) electrons. The predicted molar refractivity (Wildman–Crippen MR) is 119 cm³/mol. The van der Waals surface area contributed by atoms with Gasteiger partial charge >= 0.3 is 5.97 Å². The van der Waals surface area contributed by atoms with Gasteiger partial charge in [-0.2, -0.15) is 0 Å². The Labute approximate surface area is 177 Å². The lowest BCUT2D eigenvalue weighted by Gasteiger charge is -2.30. The highest BCUT2D eigenvalue weighted by molar-refractivity contribution is 7.80. The van der Waals surface area contributed by atoms with Gasteiger partial charge in [0.1, 0.15) is 0 Å². The molecule has 0 aliphatic carbocycles. The Morgan fingerprint density at radius 2 is 1.86 bits per heavy atom. The number of aryl methyl sites for hydroxylation is 1. The molecule has 0 fully saturated rings. The third-order valence-electron chi connectivity index (χ3n) is 4.50. The smallest absolute Gasteiger partial charge is 0.337 e. The van der Waals surface area contributed by atoms with Crippen LogP contribution in [0.3, 0.4) is 0 Å². The summed E-state index contributed by atoms with van der Waals surface area (Å²) in [5, 5.41) is 10.6. The van der Waals surface area contributed by atoms with Crippen molar-refractivity contribution in [1.82, 2.24) is 0 Å². The van der Waals surface area contributed by atoms with Crippen LogP contribution in [0.25, 0.3) is 11.1 Å². The second-order valence-corrected chi connectivity index (χ2v) is 8.70. The van der Waals surface area contributed by atoms with Gasteiger partial charge in [0.05, 0.1) is 11.3 Å². The Bertz CT molecular complexity index is 860. The molecule has 0 aliphatic rings. The molecule has 2 rings (SSSR count). The maximum atomic E-state index is 12.2. The molecular formula is C22H28ClNO3S. The molecule has 2 aromatic rings. The van der Waals surface area contributed by atoms with E-state index in [1.165, 1.54) is 0 Å². The Morgan fingerprint density at radius 3 is 2.32 bits per heavy atom. The van der Waals surface area contributed by atoms with Gasteiger partial charge in [-0.15, -0.1) is 12.6 Å². The van der Waals surface area contributed by atoms with Gasteiger partial charge < -0.3 is 14.7 Å². The van der Waals surface area contributed by atoms with Crippen molar-refractivity contribution in [2.45, 2.75) is 51.2 Å². The van der Waals surface area contributed by atoms with Crippen molar-refractivity contribution < 1.29 is 14.6 Å². The summed E-state index contributed by atoms with van der Waals surface area (Å²) < 4.78 is 5.96. The van der Waals surface area contributed by atoms with Gasteiger partial charge in [-0.25, -0.2) is 4.79 Å². The highest BCUT2D eigenvalue weighted by atomic mass is 35.5. The lowest BCUT2D eigenvalue weighted by atomic mass is 9.90. The largest absolute Gasteiger partial charge is 0.479 e. The van der Waals surface area contributed by atoms with Gasteiger partial charge in [0.25, 0.3) is 0 Å². The number of halogens is 1. The molecule has 0 spiro atoms. The van der Waals surface area contributed by atoms with Crippen LogP contribution in [0, 0.1) is 6.92 Å². The van der Waals surface area contributed by atoms with E-state index in [2.05, 4.69) is 11.8 Å². The van der Waals surface area contributed by atoms with Crippen LogP contribution < -0.4 is 4.90 Å². The summed E-state index contributed by atoms with van der Waals surface area (Å²) in [6.45, 7) is 10.3. The van der Waals surface area contributed by atoms with E-state index < -0.39 is 17.7 Å². The van der Waals surface area contributed by atoms with Crippen molar-refractivity contribution >= 4 is 35.9 Å². The Balaban J connectivity index is 2.85. The fourth-order valence-corrected chi connectivity index (χ4v) is 3.71. The van der Waals surface area contributed by atoms with Crippen molar-refractivity contribution in [2.24, 2.45) is 0 Å². The van der Waals surface area contributed by atoms with Crippen molar-refractivity contribution in [3.8, 4) is 11.1 Å². The molecule has 1 atom stereocenters. The first-order valence-corrected chi connectivity index (χ1v) is 10.0. The highest BCUT2D eigenvalue weighted by Crippen LogP contribution is 2.43. The van der Waals surface area contributed by atoms with E-state index in [1.807, 2.05) is 52.9 Å². The number of hydrogen-bond donors (Lipinski definition) is 2. The average molecular weight is 422 g/mol. The number of nitrogens with zero attached hydrogens (tertiary/aromatic N) is 1. The molecule has 0 saturated carbocycles. The van der Waals surface area contributed by atoms with Crippen LogP contribution in [0.5, 0.6) is 0 Å². The fraction of sp³-hybridized carbons (Fsp3) is 0.409. The molecule has 0 saturated heterocycles. The van der Waals surface area contributed by atoms with Gasteiger partial charge in [-0.05, 0) is 63.9 Å². The number of carbonyl (C=O) groups is 1. The summed E-state index contributed by atoms with van der Waals surface area (Å²) in [7, 11) is 1.99. The Morgan fingerprint density at radius 1 is 1.29 bits per heavy atom. The minimum absolute atomic E-state index is 0.614. The molecule has 0 heterocycles. The molecule has 4 nitrogen and oxygen atoms in total. The number of hydrogen-bond acceptors (Lipinski definition) is 4. The van der Waals surface area contributed by atoms with Gasteiger partial charge in [-0.3, -0.25) is 0 Å². The zero-order valence-electron chi connectivity index (χ0n) is 17.2. The van der Waals surface area contributed by atoms with E-state index in [-0.39, 0.29) is 0 Å². The van der Waals surface area contributed by atoms with Gasteiger partial charge in [0.15, 0.2) is 6.10 Å². The number of thiol groups is 1.